The van der Waals surface area contributed by atoms with Crippen LogP contribution in [0.3, 0.4) is 0 Å². The molecule has 4 heteroatoms. The van der Waals surface area contributed by atoms with Gasteiger partial charge in [0.1, 0.15) is 5.82 Å². The third kappa shape index (κ3) is 3.32. The molecule has 2 atom stereocenters. The summed E-state index contributed by atoms with van der Waals surface area (Å²) in [5.74, 6) is -0.206. The lowest BCUT2D eigenvalue weighted by atomic mass is 9.90. The van der Waals surface area contributed by atoms with Crippen molar-refractivity contribution in [2.24, 2.45) is 5.73 Å². The quantitative estimate of drug-likeness (QED) is 0.880. The lowest BCUT2D eigenvalue weighted by Crippen LogP contribution is -2.48. The van der Waals surface area contributed by atoms with E-state index >= 15 is 0 Å². The second kappa shape index (κ2) is 5.57. The van der Waals surface area contributed by atoms with Crippen LogP contribution in [0.15, 0.2) is 24.3 Å². The van der Waals surface area contributed by atoms with E-state index < -0.39 is 5.60 Å². The maximum atomic E-state index is 14.0. The van der Waals surface area contributed by atoms with Gasteiger partial charge in [0, 0.05) is 24.7 Å². The van der Waals surface area contributed by atoms with Gasteiger partial charge in [0.2, 0.25) is 0 Å². The molecule has 19 heavy (non-hydrogen) atoms. The van der Waals surface area contributed by atoms with Crippen molar-refractivity contribution in [2.75, 3.05) is 13.1 Å². The average Bonchev–Trinajstić information content (AvgIpc) is 2.33. The van der Waals surface area contributed by atoms with Gasteiger partial charge in [-0.1, -0.05) is 18.2 Å². The Morgan fingerprint density at radius 2 is 1.89 bits per heavy atom. The molecular weight excluding hydrogens is 243 g/mol. The number of likely N-dealkylation sites (tertiary alicyclic amines) is 1. The molecule has 1 aliphatic rings. The number of hydrogen-bond donors (Lipinski definition) is 2. The van der Waals surface area contributed by atoms with Gasteiger partial charge in [-0.05, 0) is 32.8 Å². The molecule has 106 valence electrons. The molecule has 0 spiro atoms. The molecule has 1 heterocycles. The molecular formula is C15H23FN2O. The molecule has 3 nitrogen and oxygen atoms in total. The fraction of sp³-hybridized carbons (Fsp3) is 0.600. The van der Waals surface area contributed by atoms with E-state index in [2.05, 4.69) is 4.90 Å². The minimum atomic E-state index is -0.603. The topological polar surface area (TPSA) is 49.5 Å². The number of nitrogens with zero attached hydrogens (tertiary/aromatic N) is 1. The predicted octanol–water partition coefficient (Wildman–Crippen LogP) is 2.06. The Hall–Kier alpha value is -0.970. The Labute approximate surface area is 114 Å². The van der Waals surface area contributed by atoms with E-state index in [9.17, 15) is 9.50 Å². The normalized spacial score (nSPS) is 23.0. The summed E-state index contributed by atoms with van der Waals surface area (Å²) in [6, 6.07) is 6.53. The highest BCUT2D eigenvalue weighted by atomic mass is 19.1. The zero-order valence-corrected chi connectivity index (χ0v) is 11.6. The molecule has 1 aliphatic heterocycles. The highest BCUT2D eigenvalue weighted by Crippen LogP contribution is 2.31. The number of benzene rings is 1. The molecule has 3 N–H and O–H groups in total. The van der Waals surface area contributed by atoms with E-state index in [1.807, 2.05) is 19.9 Å². The fourth-order valence-corrected chi connectivity index (χ4v) is 2.81. The van der Waals surface area contributed by atoms with E-state index in [0.29, 0.717) is 18.4 Å². The van der Waals surface area contributed by atoms with Crippen LogP contribution in [0.1, 0.15) is 38.3 Å². The van der Waals surface area contributed by atoms with Crippen LogP contribution < -0.4 is 5.73 Å². The van der Waals surface area contributed by atoms with Crippen molar-refractivity contribution in [1.82, 2.24) is 4.90 Å². The first-order chi connectivity index (χ1) is 8.91. The van der Waals surface area contributed by atoms with Gasteiger partial charge in [0.15, 0.2) is 0 Å². The van der Waals surface area contributed by atoms with E-state index in [1.54, 1.807) is 12.1 Å². The number of halogens is 1. The smallest absolute Gasteiger partial charge is 0.128 e. The molecule has 2 unspecified atom stereocenters. The molecule has 0 saturated carbocycles. The summed E-state index contributed by atoms with van der Waals surface area (Å²) in [4.78, 5) is 2.18. The van der Waals surface area contributed by atoms with E-state index in [-0.39, 0.29) is 17.9 Å². The molecule has 0 aromatic heterocycles. The molecule has 0 aliphatic carbocycles. The van der Waals surface area contributed by atoms with Crippen LogP contribution in [0.25, 0.3) is 0 Å². The average molecular weight is 266 g/mol. The molecule has 0 bridgehead atoms. The first-order valence-corrected chi connectivity index (χ1v) is 6.87. The zero-order valence-electron chi connectivity index (χ0n) is 11.6. The maximum Gasteiger partial charge on any atom is 0.128 e. The minimum Gasteiger partial charge on any atom is -0.390 e. The third-order valence-electron chi connectivity index (χ3n) is 3.99. The van der Waals surface area contributed by atoms with Crippen molar-refractivity contribution in [3.63, 3.8) is 0 Å². The van der Waals surface area contributed by atoms with Crippen molar-refractivity contribution in [2.45, 2.75) is 44.4 Å². The first-order valence-electron chi connectivity index (χ1n) is 6.87. The van der Waals surface area contributed by atoms with Crippen LogP contribution in [0.2, 0.25) is 0 Å². The van der Waals surface area contributed by atoms with Gasteiger partial charge in [-0.2, -0.15) is 0 Å². The van der Waals surface area contributed by atoms with E-state index in [4.69, 9.17) is 5.73 Å². The lowest BCUT2D eigenvalue weighted by Gasteiger charge is -2.41. The maximum absolute atomic E-state index is 14.0. The van der Waals surface area contributed by atoms with Gasteiger partial charge in [-0.3, -0.25) is 4.90 Å². The summed E-state index contributed by atoms with van der Waals surface area (Å²) in [6.45, 7) is 5.25. The van der Waals surface area contributed by atoms with Gasteiger partial charge in [-0.15, -0.1) is 0 Å². The molecule has 1 saturated heterocycles. The summed E-state index contributed by atoms with van der Waals surface area (Å²) in [6.07, 6.45) is 1.40. The Morgan fingerprint density at radius 1 is 1.32 bits per heavy atom. The number of rotatable bonds is 3. The first kappa shape index (κ1) is 14.4. The Morgan fingerprint density at radius 3 is 2.42 bits per heavy atom. The van der Waals surface area contributed by atoms with Crippen molar-refractivity contribution in [3.05, 3.63) is 35.6 Å². The van der Waals surface area contributed by atoms with Crippen molar-refractivity contribution in [3.8, 4) is 0 Å². The third-order valence-corrected chi connectivity index (χ3v) is 3.99. The molecule has 1 aromatic carbocycles. The predicted molar refractivity (Wildman–Crippen MR) is 74.2 cm³/mol. The number of aliphatic hydroxyl groups is 1. The van der Waals surface area contributed by atoms with Gasteiger partial charge in [-0.25, -0.2) is 4.39 Å². The SMILES string of the molecule is CC(N)C(c1ccccc1F)N1CCC(C)(O)CC1. The van der Waals surface area contributed by atoms with Gasteiger partial charge in [0.25, 0.3) is 0 Å². The van der Waals surface area contributed by atoms with Gasteiger partial charge >= 0.3 is 0 Å². The van der Waals surface area contributed by atoms with Crippen molar-refractivity contribution < 1.29 is 9.50 Å². The van der Waals surface area contributed by atoms with Crippen LogP contribution in [-0.2, 0) is 0 Å². The lowest BCUT2D eigenvalue weighted by molar-refractivity contribution is -0.0198. The van der Waals surface area contributed by atoms with Crippen LogP contribution in [0, 0.1) is 5.82 Å². The van der Waals surface area contributed by atoms with Crippen molar-refractivity contribution in [1.29, 1.82) is 0 Å². The number of nitrogens with two attached hydrogens (primary N) is 1. The highest BCUT2D eigenvalue weighted by molar-refractivity contribution is 5.23. The Balaban J connectivity index is 2.20. The Kier molecular flexibility index (Phi) is 4.23. The summed E-state index contributed by atoms with van der Waals surface area (Å²) in [7, 11) is 0. The monoisotopic (exact) mass is 266 g/mol. The molecule has 0 radical (unpaired) electrons. The summed E-state index contributed by atoms with van der Waals surface area (Å²) in [5.41, 5.74) is 6.11. The summed E-state index contributed by atoms with van der Waals surface area (Å²) in [5, 5.41) is 10.0. The van der Waals surface area contributed by atoms with Crippen molar-refractivity contribution >= 4 is 0 Å². The van der Waals surface area contributed by atoms with Crippen LogP contribution in [0.4, 0.5) is 4.39 Å². The standard InChI is InChI=1S/C15H23FN2O/c1-11(17)14(12-5-3-4-6-13(12)16)18-9-7-15(2,19)8-10-18/h3-6,11,14,19H,7-10,17H2,1-2H3. The van der Waals surface area contributed by atoms with Crippen LogP contribution >= 0.6 is 0 Å². The zero-order chi connectivity index (χ0) is 14.0. The second-order valence-electron chi connectivity index (χ2n) is 5.86. The van der Waals surface area contributed by atoms with E-state index in [0.717, 1.165) is 13.1 Å². The number of piperidine rings is 1. The van der Waals surface area contributed by atoms with Gasteiger partial charge in [0.05, 0.1) is 11.6 Å². The summed E-state index contributed by atoms with van der Waals surface area (Å²) >= 11 is 0. The Bertz CT molecular complexity index is 424. The van der Waals surface area contributed by atoms with Crippen LogP contribution in [-0.4, -0.2) is 34.7 Å². The summed E-state index contributed by atoms with van der Waals surface area (Å²) < 4.78 is 14.0. The largest absolute Gasteiger partial charge is 0.390 e. The number of hydrogen-bond acceptors (Lipinski definition) is 3. The highest BCUT2D eigenvalue weighted by Gasteiger charge is 2.33. The van der Waals surface area contributed by atoms with Crippen LogP contribution in [0.5, 0.6) is 0 Å². The molecule has 1 aromatic rings. The molecule has 0 amide bonds. The molecule has 2 rings (SSSR count). The second-order valence-corrected chi connectivity index (χ2v) is 5.86. The molecule has 1 fully saturated rings. The van der Waals surface area contributed by atoms with Gasteiger partial charge < -0.3 is 10.8 Å². The fourth-order valence-electron chi connectivity index (χ4n) is 2.81. The van der Waals surface area contributed by atoms with E-state index in [1.165, 1.54) is 6.07 Å². The minimum absolute atomic E-state index is 0.128.